The van der Waals surface area contributed by atoms with Gasteiger partial charge in [0.05, 0.1) is 11.3 Å². The maximum Gasteiger partial charge on any atom is 0.253 e. The minimum Gasteiger partial charge on any atom is -0.508 e. The van der Waals surface area contributed by atoms with Gasteiger partial charge in [-0.3, -0.25) is 19.6 Å². The molecule has 3 aromatic carbocycles. The van der Waals surface area contributed by atoms with Crippen LogP contribution in [0.5, 0.6) is 5.75 Å². The number of ketones is 1. The van der Waals surface area contributed by atoms with E-state index in [2.05, 4.69) is 10.6 Å². The van der Waals surface area contributed by atoms with Gasteiger partial charge in [0.15, 0.2) is 0 Å². The maximum absolute atomic E-state index is 14.1. The second-order valence-corrected chi connectivity index (χ2v) is 15.3. The summed E-state index contributed by atoms with van der Waals surface area (Å²) in [6.07, 6.45) is 9.70. The first-order valence-electron chi connectivity index (χ1n) is 19.8. The lowest BCUT2D eigenvalue weighted by molar-refractivity contribution is -0.128. The van der Waals surface area contributed by atoms with Gasteiger partial charge in [0.25, 0.3) is 5.91 Å². The fourth-order valence-corrected chi connectivity index (χ4v) is 8.23. The van der Waals surface area contributed by atoms with Crippen LogP contribution in [0.3, 0.4) is 0 Å². The molecule has 0 radical (unpaired) electrons. The van der Waals surface area contributed by atoms with Gasteiger partial charge < -0.3 is 31.8 Å². The number of nitrogens with two attached hydrogens (primary N) is 3. The predicted molar refractivity (Wildman–Crippen MR) is 225 cm³/mol. The van der Waals surface area contributed by atoms with Crippen LogP contribution in [0.15, 0.2) is 78.9 Å². The molecule has 0 unspecified atom stereocenters. The van der Waals surface area contributed by atoms with Gasteiger partial charge in [-0.15, -0.1) is 11.3 Å². The predicted octanol–water partition coefficient (Wildman–Crippen LogP) is 7.24. The number of carbonyl (C=O) groups excluding carboxylic acids is 3. The van der Waals surface area contributed by atoms with Crippen molar-refractivity contribution in [3.05, 3.63) is 100 Å². The highest BCUT2D eigenvalue weighted by Gasteiger charge is 2.22. The lowest BCUT2D eigenvalue weighted by atomic mass is 10.0. The van der Waals surface area contributed by atoms with E-state index in [1.807, 2.05) is 47.4 Å². The van der Waals surface area contributed by atoms with Crippen LogP contribution < -0.4 is 22.7 Å². The number of nitrogens with zero attached hydrogens (tertiary/aromatic N) is 2. The zero-order chi connectivity index (χ0) is 39.9. The molecule has 0 fully saturated rings. The van der Waals surface area contributed by atoms with Crippen molar-refractivity contribution in [2.45, 2.75) is 77.2 Å². The van der Waals surface area contributed by atoms with E-state index in [4.69, 9.17) is 17.2 Å². The van der Waals surface area contributed by atoms with Crippen LogP contribution in [0.2, 0.25) is 0 Å². The molecule has 0 aliphatic rings. The monoisotopic (exact) mass is 780 g/mol. The Morgan fingerprint density at radius 1 is 0.696 bits per heavy atom. The van der Waals surface area contributed by atoms with Crippen molar-refractivity contribution >= 4 is 39.8 Å². The Labute approximate surface area is 333 Å². The molecule has 5 rings (SSSR count). The number of carbonyl (C=O) groups is 3. The second kappa shape index (κ2) is 21.5. The molecule has 11 nitrogen and oxygen atoms in total. The molecule has 2 heterocycles. The highest BCUT2D eigenvalue weighted by Crippen LogP contribution is 2.37. The molecule has 9 N–H and O–H groups in total. The Morgan fingerprint density at radius 3 is 1.98 bits per heavy atom. The lowest BCUT2D eigenvalue weighted by Crippen LogP contribution is -2.33. The number of hydroxylamine groups is 1. The summed E-state index contributed by atoms with van der Waals surface area (Å²) < 4.78 is 2.22. The van der Waals surface area contributed by atoms with E-state index in [-0.39, 0.29) is 23.9 Å². The molecule has 0 aliphatic carbocycles. The van der Waals surface area contributed by atoms with Crippen molar-refractivity contribution < 1.29 is 24.7 Å². The summed E-state index contributed by atoms with van der Waals surface area (Å²) in [6.45, 7) is 4.09. The number of fused-ring (bicyclic) bond motifs is 1. The van der Waals surface area contributed by atoms with E-state index < -0.39 is 5.91 Å². The molecule has 12 heteroatoms. The average molecular weight is 781 g/mol. The third kappa shape index (κ3) is 11.1. The van der Waals surface area contributed by atoms with Crippen LogP contribution >= 0.6 is 11.3 Å². The van der Waals surface area contributed by atoms with Gasteiger partial charge in [0.2, 0.25) is 11.7 Å². The van der Waals surface area contributed by atoms with Gasteiger partial charge in [-0.2, -0.15) is 0 Å². The van der Waals surface area contributed by atoms with E-state index in [0.29, 0.717) is 58.2 Å². The minimum absolute atomic E-state index is 0.0433. The van der Waals surface area contributed by atoms with Crippen LogP contribution in [0, 0.1) is 0 Å². The second-order valence-electron chi connectivity index (χ2n) is 14.3. The zero-order valence-corrected chi connectivity index (χ0v) is 33.0. The van der Waals surface area contributed by atoms with Crippen molar-refractivity contribution in [3.8, 4) is 27.4 Å². The number of aryl methyl sites for hydroxylation is 1. The van der Waals surface area contributed by atoms with Gasteiger partial charge in [0.1, 0.15) is 5.75 Å². The molecular weight excluding hydrogens is 725 g/mol. The third-order valence-electron chi connectivity index (χ3n) is 10.1. The van der Waals surface area contributed by atoms with E-state index in [0.717, 1.165) is 99.5 Å². The number of aromatic hydroxyl groups is 1. The topological polar surface area (TPSA) is 190 Å². The summed E-state index contributed by atoms with van der Waals surface area (Å²) in [5.41, 5.74) is 24.2. The van der Waals surface area contributed by atoms with Crippen LogP contribution in [-0.2, 0) is 17.8 Å². The molecule has 56 heavy (non-hydrogen) atoms. The Kier molecular flexibility index (Phi) is 16.2. The number of phenols is 1. The molecule has 0 spiro atoms. The van der Waals surface area contributed by atoms with Crippen LogP contribution in [0.25, 0.3) is 32.6 Å². The van der Waals surface area contributed by atoms with Crippen LogP contribution in [-0.4, -0.2) is 70.1 Å². The van der Waals surface area contributed by atoms with Crippen molar-refractivity contribution in [2.24, 2.45) is 17.2 Å². The number of aromatic nitrogens is 1. The van der Waals surface area contributed by atoms with E-state index in [9.17, 15) is 24.7 Å². The van der Waals surface area contributed by atoms with Crippen LogP contribution in [0.1, 0.15) is 95.4 Å². The molecule has 0 bridgehead atoms. The summed E-state index contributed by atoms with van der Waals surface area (Å²) in [7, 11) is 0. The fourth-order valence-electron chi connectivity index (χ4n) is 7.09. The molecule has 0 aliphatic heterocycles. The summed E-state index contributed by atoms with van der Waals surface area (Å²) in [6, 6.07) is 24.0. The highest BCUT2D eigenvalue weighted by molar-refractivity contribution is 7.17. The van der Waals surface area contributed by atoms with E-state index in [1.54, 1.807) is 35.8 Å². The standard InChI is InChI=1S/C44H56N6O5S/c45-20-5-1-3-8-23-49(24-9-4-2-6-21-46)44(54)32-16-14-31(15-17-32)38-27-33-18-19-34(28-39(33)50(38)25-10-7-22-47)42(53)40-29-36(30-41(52)48-55)43(56-40)35-12-11-13-37(51)26-35/h11-19,26-29,51,55H,1-10,20-25,30,45-47H2,(H,48,52). The molecule has 0 saturated carbocycles. The van der Waals surface area contributed by atoms with Gasteiger partial charge in [0, 0.05) is 52.2 Å². The number of hydrogen-bond acceptors (Lipinski definition) is 9. The SMILES string of the molecule is NCCCCCCN(CCCCCCN)C(=O)c1ccc(-c2cc3ccc(C(=O)c4cc(CC(=O)NO)c(-c5cccc(O)c5)s4)cc3n2CCCCN)cc1. The van der Waals surface area contributed by atoms with Crippen molar-refractivity contribution in [1.82, 2.24) is 14.9 Å². The summed E-state index contributed by atoms with van der Waals surface area (Å²) >= 11 is 1.24. The third-order valence-corrected chi connectivity index (χ3v) is 11.3. The molecule has 0 atom stereocenters. The normalized spacial score (nSPS) is 11.3. The lowest BCUT2D eigenvalue weighted by Gasteiger charge is -2.23. The molecule has 298 valence electrons. The smallest absolute Gasteiger partial charge is 0.253 e. The number of hydrogen-bond donors (Lipinski definition) is 6. The first kappa shape index (κ1) is 42.3. The number of thiophene rings is 1. The Hall–Kier alpha value is -4.85. The number of nitrogens with one attached hydrogen (secondary N) is 1. The quantitative estimate of drug-likeness (QED) is 0.0173. The van der Waals surface area contributed by atoms with Gasteiger partial charge in [-0.25, -0.2) is 5.48 Å². The van der Waals surface area contributed by atoms with E-state index in [1.165, 1.54) is 11.3 Å². The summed E-state index contributed by atoms with van der Waals surface area (Å²) in [4.78, 5) is 43.2. The number of unbranched alkanes of at least 4 members (excludes halogenated alkanes) is 7. The Balaban J connectivity index is 1.42. The Bertz CT molecular complexity index is 2040. The van der Waals surface area contributed by atoms with Crippen LogP contribution in [0.4, 0.5) is 0 Å². The molecule has 2 aromatic heterocycles. The van der Waals surface area contributed by atoms with E-state index >= 15 is 0 Å². The van der Waals surface area contributed by atoms with Crippen molar-refractivity contribution in [2.75, 3.05) is 32.7 Å². The number of amides is 2. The molecule has 2 amide bonds. The van der Waals surface area contributed by atoms with Gasteiger partial charge in [-0.1, -0.05) is 62.1 Å². The maximum atomic E-state index is 14.1. The average Bonchev–Trinajstić information content (AvgIpc) is 3.80. The number of benzene rings is 3. The Morgan fingerprint density at radius 2 is 1.34 bits per heavy atom. The number of phenolic OH excluding ortho intramolecular Hbond substituents is 1. The first-order valence-corrected chi connectivity index (χ1v) is 20.6. The molecule has 5 aromatic rings. The van der Waals surface area contributed by atoms with Crippen molar-refractivity contribution in [3.63, 3.8) is 0 Å². The largest absolute Gasteiger partial charge is 0.508 e. The first-order chi connectivity index (χ1) is 27.3. The summed E-state index contributed by atoms with van der Waals surface area (Å²) in [5.74, 6) is -0.695. The molecular formula is C44H56N6O5S. The highest BCUT2D eigenvalue weighted by atomic mass is 32.1. The zero-order valence-electron chi connectivity index (χ0n) is 32.2. The number of rotatable bonds is 23. The minimum atomic E-state index is -0.606. The van der Waals surface area contributed by atoms with Crippen molar-refractivity contribution in [1.29, 1.82) is 0 Å². The fraction of sp³-hybridized carbons (Fsp3) is 0.386. The van der Waals surface area contributed by atoms with Gasteiger partial charge in [-0.05, 0) is 117 Å². The van der Waals surface area contributed by atoms with Gasteiger partial charge >= 0.3 is 0 Å². The molecule has 0 saturated heterocycles. The summed E-state index contributed by atoms with van der Waals surface area (Å²) in [5, 5.41) is 20.3.